The number of benzene rings is 2. The van der Waals surface area contributed by atoms with E-state index in [-0.39, 0.29) is 17.1 Å². The second kappa shape index (κ2) is 8.85. The summed E-state index contributed by atoms with van der Waals surface area (Å²) in [7, 11) is -0.638. The van der Waals surface area contributed by atoms with Gasteiger partial charge in [-0.1, -0.05) is 12.1 Å². The molecule has 0 unspecified atom stereocenters. The lowest BCUT2D eigenvalue weighted by Crippen LogP contribution is -2.22. The molecule has 7 nitrogen and oxygen atoms in total. The number of sulfonamides is 1. The maximum Gasteiger partial charge on any atom is 0.338 e. The molecular weight excluding hydrogens is 392 g/mol. The Hall–Kier alpha value is -3.23. The molecule has 0 aliphatic rings. The summed E-state index contributed by atoms with van der Waals surface area (Å²) in [6.07, 6.45) is 3.28. The second-order valence-electron chi connectivity index (χ2n) is 6.32. The Kier molecular flexibility index (Phi) is 6.26. The number of hydrogen-bond acceptors (Lipinski definition) is 6. The minimum atomic E-state index is -3.54. The topological polar surface area (TPSA) is 85.8 Å². The molecule has 0 aliphatic carbocycles. The maximum absolute atomic E-state index is 12.2. The summed E-state index contributed by atoms with van der Waals surface area (Å²) in [6, 6.07) is 16.4. The van der Waals surface area contributed by atoms with E-state index in [1.807, 2.05) is 0 Å². The van der Waals surface area contributed by atoms with Crippen molar-refractivity contribution in [2.24, 2.45) is 0 Å². The normalized spacial score (nSPS) is 11.3. The molecule has 0 aliphatic heterocycles. The van der Waals surface area contributed by atoms with Crippen molar-refractivity contribution < 1.29 is 22.7 Å². The van der Waals surface area contributed by atoms with Crippen LogP contribution in [0.15, 0.2) is 78.0 Å². The van der Waals surface area contributed by atoms with Crippen molar-refractivity contribution >= 4 is 16.0 Å². The van der Waals surface area contributed by atoms with Gasteiger partial charge >= 0.3 is 5.97 Å². The van der Waals surface area contributed by atoms with Crippen molar-refractivity contribution in [1.82, 2.24) is 9.29 Å². The van der Waals surface area contributed by atoms with Crippen LogP contribution in [0.3, 0.4) is 0 Å². The number of hydrogen-bond donors (Lipinski definition) is 0. The first-order chi connectivity index (χ1) is 13.9. The molecule has 0 radical (unpaired) electrons. The Bertz CT molecular complexity index is 1060. The zero-order chi connectivity index (χ0) is 20.9. The first-order valence-corrected chi connectivity index (χ1v) is 10.2. The maximum atomic E-state index is 12.2. The molecule has 8 heteroatoms. The standard InChI is InChI=1S/C21H20N2O5S/c1-23(2)29(25,26)20-11-7-17(8-12-20)21(24)27-15-16-5-9-18(10-6-16)28-19-4-3-13-22-14-19/h3-14H,15H2,1-2H3. The number of aromatic nitrogens is 1. The van der Waals surface area contributed by atoms with Gasteiger partial charge in [-0.15, -0.1) is 0 Å². The number of carbonyl (C=O) groups excluding carboxylic acids is 1. The molecule has 3 rings (SSSR count). The number of carbonyl (C=O) groups is 1. The summed E-state index contributed by atoms with van der Waals surface area (Å²) in [6.45, 7) is 0.0871. The van der Waals surface area contributed by atoms with Gasteiger partial charge in [0.05, 0.1) is 16.7 Å². The smallest absolute Gasteiger partial charge is 0.338 e. The van der Waals surface area contributed by atoms with Gasteiger partial charge in [-0.2, -0.15) is 0 Å². The first-order valence-electron chi connectivity index (χ1n) is 8.73. The van der Waals surface area contributed by atoms with Crippen LogP contribution in [-0.2, 0) is 21.4 Å². The molecule has 0 N–H and O–H groups in total. The van der Waals surface area contributed by atoms with Gasteiger partial charge in [-0.3, -0.25) is 4.98 Å². The molecule has 0 bridgehead atoms. The van der Waals surface area contributed by atoms with E-state index in [0.29, 0.717) is 11.5 Å². The Morgan fingerprint density at radius 1 is 0.966 bits per heavy atom. The molecule has 1 aromatic heterocycles. The van der Waals surface area contributed by atoms with Crippen molar-refractivity contribution in [1.29, 1.82) is 0 Å². The van der Waals surface area contributed by atoms with E-state index in [9.17, 15) is 13.2 Å². The van der Waals surface area contributed by atoms with Crippen molar-refractivity contribution in [2.45, 2.75) is 11.5 Å². The minimum Gasteiger partial charge on any atom is -0.457 e. The minimum absolute atomic E-state index is 0.0871. The fourth-order valence-corrected chi connectivity index (χ4v) is 3.30. The predicted molar refractivity (Wildman–Crippen MR) is 107 cm³/mol. The van der Waals surface area contributed by atoms with E-state index in [1.165, 1.54) is 38.4 Å². The number of ether oxygens (including phenoxy) is 2. The third kappa shape index (κ3) is 5.18. The highest BCUT2D eigenvalue weighted by molar-refractivity contribution is 7.89. The summed E-state index contributed by atoms with van der Waals surface area (Å²) in [5.74, 6) is 0.742. The average molecular weight is 412 g/mol. The van der Waals surface area contributed by atoms with Crippen LogP contribution < -0.4 is 4.74 Å². The number of esters is 1. The van der Waals surface area contributed by atoms with Crippen molar-refractivity contribution in [3.63, 3.8) is 0 Å². The van der Waals surface area contributed by atoms with Gasteiger partial charge in [-0.05, 0) is 54.1 Å². The molecule has 3 aromatic rings. The van der Waals surface area contributed by atoms with Gasteiger partial charge in [-0.25, -0.2) is 17.5 Å². The van der Waals surface area contributed by atoms with E-state index in [4.69, 9.17) is 9.47 Å². The SMILES string of the molecule is CN(C)S(=O)(=O)c1ccc(C(=O)OCc2ccc(Oc3cccnc3)cc2)cc1. The highest BCUT2D eigenvalue weighted by atomic mass is 32.2. The summed E-state index contributed by atoms with van der Waals surface area (Å²) in [5.41, 5.74) is 1.07. The number of nitrogens with zero attached hydrogens (tertiary/aromatic N) is 2. The van der Waals surface area contributed by atoms with Gasteiger partial charge in [0.25, 0.3) is 0 Å². The van der Waals surface area contributed by atoms with Crippen molar-refractivity contribution in [2.75, 3.05) is 14.1 Å². The van der Waals surface area contributed by atoms with E-state index in [2.05, 4.69) is 4.98 Å². The summed E-state index contributed by atoms with van der Waals surface area (Å²) in [4.78, 5) is 16.3. The Morgan fingerprint density at radius 3 is 2.24 bits per heavy atom. The largest absolute Gasteiger partial charge is 0.457 e. The lowest BCUT2D eigenvalue weighted by Gasteiger charge is -2.11. The Balaban J connectivity index is 1.58. The molecule has 0 saturated heterocycles. The van der Waals surface area contributed by atoms with Crippen LogP contribution in [0.1, 0.15) is 15.9 Å². The molecular formula is C21H20N2O5S. The fourth-order valence-electron chi connectivity index (χ4n) is 2.40. The third-order valence-corrected chi connectivity index (χ3v) is 5.86. The molecule has 1 heterocycles. The quantitative estimate of drug-likeness (QED) is 0.552. The highest BCUT2D eigenvalue weighted by Crippen LogP contribution is 2.21. The van der Waals surface area contributed by atoms with Crippen LogP contribution in [0.4, 0.5) is 0 Å². The summed E-state index contributed by atoms with van der Waals surface area (Å²) >= 11 is 0. The van der Waals surface area contributed by atoms with Crippen LogP contribution >= 0.6 is 0 Å². The van der Waals surface area contributed by atoms with Crippen LogP contribution in [-0.4, -0.2) is 37.8 Å². The van der Waals surface area contributed by atoms with E-state index in [1.54, 1.807) is 48.8 Å². The fraction of sp³-hybridized carbons (Fsp3) is 0.143. The van der Waals surface area contributed by atoms with Crippen LogP contribution in [0.25, 0.3) is 0 Å². The molecule has 0 fully saturated rings. The van der Waals surface area contributed by atoms with E-state index in [0.717, 1.165) is 9.87 Å². The summed E-state index contributed by atoms with van der Waals surface area (Å²) < 4.78 is 36.2. The van der Waals surface area contributed by atoms with Crippen LogP contribution in [0.5, 0.6) is 11.5 Å². The van der Waals surface area contributed by atoms with Gasteiger partial charge in [0.2, 0.25) is 10.0 Å². The van der Waals surface area contributed by atoms with Gasteiger partial charge in [0, 0.05) is 20.3 Å². The Labute approximate surface area is 169 Å². The number of rotatable bonds is 7. The lowest BCUT2D eigenvalue weighted by atomic mass is 10.2. The summed E-state index contributed by atoms with van der Waals surface area (Å²) in [5, 5.41) is 0. The molecule has 0 atom stereocenters. The number of pyridine rings is 1. The zero-order valence-corrected chi connectivity index (χ0v) is 16.8. The first kappa shape index (κ1) is 20.5. The van der Waals surface area contributed by atoms with E-state index < -0.39 is 16.0 Å². The predicted octanol–water partition coefficient (Wildman–Crippen LogP) is 3.48. The average Bonchev–Trinajstić information content (AvgIpc) is 2.74. The van der Waals surface area contributed by atoms with Gasteiger partial charge < -0.3 is 9.47 Å². The molecule has 29 heavy (non-hydrogen) atoms. The van der Waals surface area contributed by atoms with Crippen LogP contribution in [0, 0.1) is 0 Å². The van der Waals surface area contributed by atoms with E-state index >= 15 is 0 Å². The zero-order valence-electron chi connectivity index (χ0n) is 16.0. The third-order valence-electron chi connectivity index (χ3n) is 4.03. The Morgan fingerprint density at radius 2 is 1.66 bits per heavy atom. The molecule has 150 valence electrons. The van der Waals surface area contributed by atoms with Gasteiger partial charge in [0.15, 0.2) is 0 Å². The molecule has 0 saturated carbocycles. The molecule has 0 amide bonds. The van der Waals surface area contributed by atoms with Gasteiger partial charge in [0.1, 0.15) is 18.1 Å². The molecule has 0 spiro atoms. The van der Waals surface area contributed by atoms with Crippen molar-refractivity contribution in [3.8, 4) is 11.5 Å². The monoisotopic (exact) mass is 412 g/mol. The molecule has 2 aromatic carbocycles. The van der Waals surface area contributed by atoms with Crippen molar-refractivity contribution in [3.05, 3.63) is 84.2 Å². The highest BCUT2D eigenvalue weighted by Gasteiger charge is 2.17. The lowest BCUT2D eigenvalue weighted by molar-refractivity contribution is 0.0472. The van der Waals surface area contributed by atoms with Crippen LogP contribution in [0.2, 0.25) is 0 Å². The second-order valence-corrected chi connectivity index (χ2v) is 8.47.